The molecule has 1 N–H and O–H groups in total. The van der Waals surface area contributed by atoms with Crippen molar-refractivity contribution in [1.29, 1.82) is 0 Å². The van der Waals surface area contributed by atoms with Gasteiger partial charge < -0.3 is 14.6 Å². The first-order chi connectivity index (χ1) is 12.3. The average Bonchev–Trinajstić information content (AvgIpc) is 2.89. The molecule has 3 rings (SSSR count). The zero-order valence-electron chi connectivity index (χ0n) is 15.2. The van der Waals surface area contributed by atoms with E-state index in [0.29, 0.717) is 24.7 Å². The van der Waals surface area contributed by atoms with Gasteiger partial charge in [-0.25, -0.2) is 0 Å². The molecule has 5 heteroatoms. The fourth-order valence-electron chi connectivity index (χ4n) is 3.08. The second kappa shape index (κ2) is 7.20. The number of hydrogen-bond donors (Lipinski definition) is 1. The fourth-order valence-corrected chi connectivity index (χ4v) is 3.33. The number of hydrogen-bond acceptors (Lipinski definition) is 3. The van der Waals surface area contributed by atoms with Crippen molar-refractivity contribution in [3.05, 3.63) is 58.1 Å². The number of ether oxygens (including phenoxy) is 2. The van der Waals surface area contributed by atoms with E-state index in [4.69, 9.17) is 26.2 Å². The molecule has 2 aromatic carbocycles. The van der Waals surface area contributed by atoms with Crippen LogP contribution in [0, 0.1) is 5.92 Å². The van der Waals surface area contributed by atoms with Crippen molar-refractivity contribution in [3.8, 4) is 11.5 Å². The Labute approximate surface area is 158 Å². The lowest BCUT2D eigenvalue weighted by Crippen LogP contribution is -2.18. The summed E-state index contributed by atoms with van der Waals surface area (Å²) in [6.45, 7) is 6.97. The highest BCUT2D eigenvalue weighted by molar-refractivity contribution is 6.30. The Hall–Kier alpha value is -2.20. The van der Waals surface area contributed by atoms with Gasteiger partial charge in [0.15, 0.2) is 0 Å². The number of rotatable bonds is 6. The van der Waals surface area contributed by atoms with Crippen LogP contribution in [0.3, 0.4) is 0 Å². The number of carboxylic acid groups (broad SMARTS) is 1. The maximum absolute atomic E-state index is 10.9. The molecule has 1 atom stereocenters. The van der Waals surface area contributed by atoms with Gasteiger partial charge in [0.25, 0.3) is 0 Å². The summed E-state index contributed by atoms with van der Waals surface area (Å²) in [5, 5.41) is 9.68. The Morgan fingerprint density at radius 1 is 1.31 bits per heavy atom. The summed E-state index contributed by atoms with van der Waals surface area (Å²) in [4.78, 5) is 10.9. The second-order valence-electron chi connectivity index (χ2n) is 7.49. The lowest BCUT2D eigenvalue weighted by molar-refractivity contribution is -0.141. The van der Waals surface area contributed by atoms with Crippen molar-refractivity contribution in [2.75, 3.05) is 6.61 Å². The zero-order chi connectivity index (χ0) is 18.9. The summed E-state index contributed by atoms with van der Waals surface area (Å²) in [6.07, 6.45) is 0.500. The minimum Gasteiger partial charge on any atom is -0.492 e. The van der Waals surface area contributed by atoms with Crippen molar-refractivity contribution >= 4 is 17.6 Å². The smallest absolute Gasteiger partial charge is 0.306 e. The first kappa shape index (κ1) is 18.6. The lowest BCUT2D eigenvalue weighted by atomic mass is 9.86. The normalized spacial score (nSPS) is 15.8. The largest absolute Gasteiger partial charge is 0.492 e. The lowest BCUT2D eigenvalue weighted by Gasteiger charge is -2.16. The van der Waals surface area contributed by atoms with Gasteiger partial charge in [0.1, 0.15) is 18.1 Å². The Morgan fingerprint density at radius 3 is 2.65 bits per heavy atom. The molecule has 0 amide bonds. The van der Waals surface area contributed by atoms with Crippen molar-refractivity contribution in [1.82, 2.24) is 0 Å². The Balaban J connectivity index is 1.70. The maximum atomic E-state index is 10.9. The van der Waals surface area contributed by atoms with Crippen LogP contribution < -0.4 is 9.47 Å². The molecule has 0 aliphatic carbocycles. The first-order valence-electron chi connectivity index (χ1n) is 8.66. The zero-order valence-corrected chi connectivity index (χ0v) is 16.0. The van der Waals surface area contributed by atoms with Crippen LogP contribution in [-0.2, 0) is 23.2 Å². The molecule has 0 saturated carbocycles. The topological polar surface area (TPSA) is 55.8 Å². The minimum absolute atomic E-state index is 0.0581. The summed E-state index contributed by atoms with van der Waals surface area (Å²) in [5.41, 5.74) is 2.96. The van der Waals surface area contributed by atoms with Gasteiger partial charge in [-0.3, -0.25) is 4.79 Å². The third-order valence-electron chi connectivity index (χ3n) is 4.72. The van der Waals surface area contributed by atoms with E-state index in [2.05, 4.69) is 13.8 Å². The highest BCUT2D eigenvalue weighted by Crippen LogP contribution is 2.42. The van der Waals surface area contributed by atoms with Crippen LogP contribution in [0.15, 0.2) is 36.4 Å². The van der Waals surface area contributed by atoms with Crippen LogP contribution in [-0.4, -0.2) is 17.7 Å². The molecule has 1 heterocycles. The summed E-state index contributed by atoms with van der Waals surface area (Å²) in [5.74, 6) is 0.397. The molecule has 0 radical (unpaired) electrons. The van der Waals surface area contributed by atoms with E-state index in [1.807, 2.05) is 36.4 Å². The Morgan fingerprint density at radius 2 is 2.00 bits per heavy atom. The minimum atomic E-state index is -0.789. The number of fused-ring (bicyclic) bond motifs is 1. The number of carboxylic acids is 1. The predicted octanol–water partition coefficient (Wildman–Crippen LogP) is 4.85. The van der Waals surface area contributed by atoms with E-state index >= 15 is 0 Å². The van der Waals surface area contributed by atoms with Gasteiger partial charge in [0, 0.05) is 21.6 Å². The van der Waals surface area contributed by atoms with E-state index in [1.165, 1.54) is 0 Å². The predicted molar refractivity (Wildman–Crippen MR) is 101 cm³/mol. The summed E-state index contributed by atoms with van der Waals surface area (Å²) in [7, 11) is 0. The molecular weight excluding hydrogens is 352 g/mol. The van der Waals surface area contributed by atoms with Gasteiger partial charge in [0.05, 0.1) is 12.5 Å². The molecule has 0 aromatic heterocycles. The van der Waals surface area contributed by atoms with Crippen LogP contribution in [0.1, 0.15) is 37.5 Å². The molecular formula is C21H23ClO4. The van der Waals surface area contributed by atoms with Crippen LogP contribution in [0.5, 0.6) is 11.5 Å². The Bertz CT molecular complexity index is 812. The van der Waals surface area contributed by atoms with E-state index in [0.717, 1.165) is 28.2 Å². The van der Waals surface area contributed by atoms with Crippen LogP contribution in [0.25, 0.3) is 0 Å². The number of halogens is 1. The van der Waals surface area contributed by atoms with E-state index in [1.54, 1.807) is 6.92 Å². The van der Waals surface area contributed by atoms with Gasteiger partial charge in [0.2, 0.25) is 0 Å². The molecule has 26 heavy (non-hydrogen) atoms. The van der Waals surface area contributed by atoms with Gasteiger partial charge in [-0.15, -0.1) is 0 Å². The highest BCUT2D eigenvalue weighted by Gasteiger charge is 2.33. The van der Waals surface area contributed by atoms with Gasteiger partial charge >= 0.3 is 5.97 Å². The van der Waals surface area contributed by atoms with Crippen molar-refractivity contribution < 1.29 is 19.4 Å². The molecule has 1 aliphatic heterocycles. The molecule has 4 nitrogen and oxygen atoms in total. The summed E-state index contributed by atoms with van der Waals surface area (Å²) in [6, 6.07) is 11.4. The first-order valence-corrected chi connectivity index (χ1v) is 9.04. The quantitative estimate of drug-likeness (QED) is 0.785. The van der Waals surface area contributed by atoms with E-state index < -0.39 is 11.9 Å². The molecule has 0 bridgehead atoms. The van der Waals surface area contributed by atoms with Crippen LogP contribution in [0.2, 0.25) is 5.02 Å². The molecule has 0 spiro atoms. The molecule has 138 valence electrons. The van der Waals surface area contributed by atoms with Gasteiger partial charge in [-0.1, -0.05) is 44.5 Å². The standard InChI is InChI=1S/C21H23ClO4/c1-13(20(23)24)8-14-4-6-17(7-5-14)25-11-15-9-16(22)10-18-19(15)26-12-21(18,2)3/h4-7,9-10,13H,8,11-12H2,1-3H3,(H,23,24). The monoisotopic (exact) mass is 374 g/mol. The van der Waals surface area contributed by atoms with Crippen molar-refractivity contribution in [2.45, 2.75) is 39.2 Å². The summed E-state index contributed by atoms with van der Waals surface area (Å²) >= 11 is 6.27. The Kier molecular flexibility index (Phi) is 5.15. The maximum Gasteiger partial charge on any atom is 0.306 e. The molecule has 1 unspecified atom stereocenters. The average molecular weight is 375 g/mol. The van der Waals surface area contributed by atoms with Crippen LogP contribution >= 0.6 is 11.6 Å². The van der Waals surface area contributed by atoms with Crippen molar-refractivity contribution in [3.63, 3.8) is 0 Å². The van der Waals surface area contributed by atoms with Crippen LogP contribution in [0.4, 0.5) is 0 Å². The van der Waals surface area contributed by atoms with Crippen molar-refractivity contribution in [2.24, 2.45) is 5.92 Å². The number of benzene rings is 2. The molecule has 1 aliphatic rings. The molecule has 0 fully saturated rings. The number of aliphatic carboxylic acids is 1. The molecule has 0 saturated heterocycles. The summed E-state index contributed by atoms with van der Waals surface area (Å²) < 4.78 is 11.8. The highest BCUT2D eigenvalue weighted by atomic mass is 35.5. The van der Waals surface area contributed by atoms with Gasteiger partial charge in [-0.2, -0.15) is 0 Å². The third-order valence-corrected chi connectivity index (χ3v) is 4.94. The van der Waals surface area contributed by atoms with Gasteiger partial charge in [-0.05, 0) is 36.2 Å². The van der Waals surface area contributed by atoms with E-state index in [-0.39, 0.29) is 5.41 Å². The third kappa shape index (κ3) is 3.96. The number of carbonyl (C=O) groups is 1. The fraction of sp³-hybridized carbons (Fsp3) is 0.381. The van der Waals surface area contributed by atoms with E-state index in [9.17, 15) is 4.79 Å². The second-order valence-corrected chi connectivity index (χ2v) is 7.93. The SMILES string of the molecule is CC(Cc1ccc(OCc2cc(Cl)cc3c2OCC3(C)C)cc1)C(=O)O. The molecule has 2 aromatic rings.